The lowest BCUT2D eigenvalue weighted by atomic mass is 10.2. The quantitative estimate of drug-likeness (QED) is 0.506. The molecule has 1 amide bonds. The summed E-state index contributed by atoms with van der Waals surface area (Å²) in [7, 11) is -7.95. The third kappa shape index (κ3) is 6.45. The van der Waals surface area contributed by atoms with Gasteiger partial charge < -0.3 is 5.32 Å². The summed E-state index contributed by atoms with van der Waals surface area (Å²) >= 11 is 0. The summed E-state index contributed by atoms with van der Waals surface area (Å²) in [5.41, 5.74) is -5.19. The van der Waals surface area contributed by atoms with Gasteiger partial charge in [-0.2, -0.15) is 13.2 Å². The number of pyridine rings is 1. The minimum atomic E-state index is -4.84. The molecule has 0 aliphatic heterocycles. The molecule has 2 atom stereocenters. The molecule has 0 spiro atoms. The zero-order valence-electron chi connectivity index (χ0n) is 18.0. The van der Waals surface area contributed by atoms with E-state index in [-0.39, 0.29) is 10.6 Å². The van der Waals surface area contributed by atoms with Crippen LogP contribution >= 0.6 is 10.2 Å². The van der Waals surface area contributed by atoms with E-state index < -0.39 is 60.4 Å². The van der Waals surface area contributed by atoms with E-state index in [1.54, 1.807) is 19.1 Å². The first kappa shape index (κ1) is 25.4. The van der Waals surface area contributed by atoms with E-state index in [2.05, 4.69) is 15.0 Å². The molecule has 2 N–H and O–H groups in total. The Kier molecular flexibility index (Phi) is 7.11. The van der Waals surface area contributed by atoms with Gasteiger partial charge in [0.15, 0.2) is 9.84 Å². The molecule has 182 valence electrons. The molecule has 2 aromatic rings. The first-order valence-corrected chi connectivity index (χ1v) is 13.9. The topological polar surface area (TPSA) is 88.2 Å². The molecule has 1 aromatic carbocycles. The summed E-state index contributed by atoms with van der Waals surface area (Å²) in [4.78, 5) is 16.6. The number of carbonyl (C=O) groups is 1. The minimum absolute atomic E-state index is 0.218. The van der Waals surface area contributed by atoms with Crippen molar-refractivity contribution in [2.45, 2.75) is 47.5 Å². The number of hydrogen-bond donors (Lipinski definition) is 2. The van der Waals surface area contributed by atoms with Crippen LogP contribution in [0.1, 0.15) is 25.5 Å². The van der Waals surface area contributed by atoms with Crippen molar-refractivity contribution < 1.29 is 30.8 Å². The van der Waals surface area contributed by atoms with Crippen molar-refractivity contribution in [3.63, 3.8) is 0 Å². The zero-order valence-corrected chi connectivity index (χ0v) is 19.7. The summed E-state index contributed by atoms with van der Waals surface area (Å²) in [5.74, 6) is -2.92. The Labute approximate surface area is 191 Å². The Morgan fingerprint density at radius 3 is 2.30 bits per heavy atom. The van der Waals surface area contributed by atoms with Crippen LogP contribution in [-0.4, -0.2) is 48.4 Å². The number of hydrogen-bond acceptors (Lipinski definition) is 5. The fraction of sp³-hybridized carbons (Fsp3) is 0.429. The maximum absolute atomic E-state index is 14.2. The van der Waals surface area contributed by atoms with Gasteiger partial charge in [0.25, 0.3) is 0 Å². The van der Waals surface area contributed by atoms with Crippen LogP contribution in [0.4, 0.5) is 17.6 Å². The number of nitrogens with one attached hydrogen (secondary N) is 2. The molecule has 1 saturated carbocycles. The first-order chi connectivity index (χ1) is 15.2. The van der Waals surface area contributed by atoms with Gasteiger partial charge in [-0.3, -0.25) is 14.5 Å². The Bertz CT molecular complexity index is 1090. The largest absolute Gasteiger partial charge is 0.441 e. The van der Waals surface area contributed by atoms with Crippen molar-refractivity contribution >= 4 is 26.0 Å². The fourth-order valence-electron chi connectivity index (χ4n) is 3.14. The second-order valence-electron chi connectivity index (χ2n) is 8.41. The van der Waals surface area contributed by atoms with Crippen LogP contribution in [0.5, 0.6) is 0 Å². The van der Waals surface area contributed by atoms with Gasteiger partial charge in [0, 0.05) is 16.6 Å². The average molecular weight is 508 g/mol. The second kappa shape index (κ2) is 9.22. The highest BCUT2D eigenvalue weighted by molar-refractivity contribution is 8.32. The van der Waals surface area contributed by atoms with Crippen molar-refractivity contribution in [3.05, 3.63) is 60.2 Å². The van der Waals surface area contributed by atoms with E-state index in [1.165, 1.54) is 12.3 Å². The summed E-state index contributed by atoms with van der Waals surface area (Å²) in [6.45, 7) is 1.74. The molecular formula is C21H25F4N3O3S2. The summed E-state index contributed by atoms with van der Waals surface area (Å²) < 4.78 is 84.0. The molecule has 1 aliphatic carbocycles. The highest BCUT2D eigenvalue weighted by atomic mass is 32.3. The molecule has 12 heteroatoms. The van der Waals surface area contributed by atoms with Crippen molar-refractivity contribution in [2.24, 2.45) is 0 Å². The minimum Gasteiger partial charge on any atom is -0.350 e. The molecule has 0 saturated heterocycles. The van der Waals surface area contributed by atoms with Crippen LogP contribution in [-0.2, 0) is 20.4 Å². The van der Waals surface area contributed by atoms with Gasteiger partial charge in [0.05, 0.1) is 17.2 Å². The molecule has 1 aliphatic rings. The second-order valence-corrected chi connectivity index (χ2v) is 13.5. The predicted molar refractivity (Wildman–Crippen MR) is 119 cm³/mol. The molecule has 0 radical (unpaired) electrons. The number of nitrogens with zero attached hydrogens (tertiary/aromatic N) is 1. The van der Waals surface area contributed by atoms with Crippen molar-refractivity contribution in [2.75, 3.05) is 12.0 Å². The van der Waals surface area contributed by atoms with E-state index in [0.717, 1.165) is 30.5 Å². The van der Waals surface area contributed by atoms with Gasteiger partial charge in [-0.05, 0) is 62.4 Å². The number of carbonyl (C=O) groups excluding carboxylic acids is 1. The Morgan fingerprint density at radius 1 is 1.15 bits per heavy atom. The lowest BCUT2D eigenvalue weighted by Gasteiger charge is -2.41. The SMILES string of the molecule is CC1(NC(=O)[C@H](CS(=O)(=O)Cc2ccccn2)NS(C)(c2ccc(F)cc2)C(F)(F)F)CC1. The smallest absolute Gasteiger partial charge is 0.350 e. The molecular weight excluding hydrogens is 482 g/mol. The number of benzene rings is 1. The highest BCUT2D eigenvalue weighted by Crippen LogP contribution is 2.62. The van der Waals surface area contributed by atoms with Crippen molar-refractivity contribution in [1.82, 2.24) is 15.0 Å². The number of amides is 1. The monoisotopic (exact) mass is 507 g/mol. The summed E-state index contributed by atoms with van der Waals surface area (Å²) in [5, 5.41) is 2.66. The Hall–Kier alpha value is -2.18. The average Bonchev–Trinajstić information content (AvgIpc) is 3.43. The van der Waals surface area contributed by atoms with Gasteiger partial charge in [0.1, 0.15) is 11.9 Å². The van der Waals surface area contributed by atoms with Crippen LogP contribution < -0.4 is 10.0 Å². The molecule has 1 aromatic heterocycles. The molecule has 3 rings (SSSR count). The highest BCUT2D eigenvalue weighted by Gasteiger charge is 2.51. The summed E-state index contributed by atoms with van der Waals surface area (Å²) in [6.07, 6.45) is 3.58. The van der Waals surface area contributed by atoms with Crippen LogP contribution in [0.15, 0.2) is 53.6 Å². The maximum atomic E-state index is 14.2. The number of aromatic nitrogens is 1. The van der Waals surface area contributed by atoms with Crippen LogP contribution in [0, 0.1) is 5.82 Å². The van der Waals surface area contributed by atoms with Crippen LogP contribution in [0.25, 0.3) is 0 Å². The maximum Gasteiger partial charge on any atom is 0.441 e. The lowest BCUT2D eigenvalue weighted by Crippen LogP contribution is -2.53. The molecule has 6 nitrogen and oxygen atoms in total. The van der Waals surface area contributed by atoms with Gasteiger partial charge in [-0.15, -0.1) is 0 Å². The molecule has 1 unspecified atom stereocenters. The Morgan fingerprint density at radius 2 is 1.79 bits per heavy atom. The normalized spacial score (nSPS) is 19.2. The van der Waals surface area contributed by atoms with Crippen molar-refractivity contribution in [1.29, 1.82) is 0 Å². The number of rotatable bonds is 9. The van der Waals surface area contributed by atoms with Gasteiger partial charge in [-0.1, -0.05) is 16.3 Å². The Balaban J connectivity index is 1.93. The molecule has 33 heavy (non-hydrogen) atoms. The zero-order chi connectivity index (χ0) is 24.5. The van der Waals surface area contributed by atoms with E-state index >= 15 is 0 Å². The fourth-order valence-corrected chi connectivity index (χ4v) is 6.71. The molecule has 1 heterocycles. The lowest BCUT2D eigenvalue weighted by molar-refractivity contribution is -0.123. The standard InChI is InChI=1S/C21H25F4N3O3S2/c1-20(10-11-20)27-19(29)18(14-33(30,31)13-16-5-3-4-12-26-16)28-32(2,21(23,24)25)17-8-6-15(22)7-9-17/h3-9,12,18,28H,10-11,13-14H2,1-2H3,(H,27,29)/t18-/m0/s1. The number of sulfone groups is 1. The van der Waals surface area contributed by atoms with Crippen LogP contribution in [0.3, 0.4) is 0 Å². The van der Waals surface area contributed by atoms with Gasteiger partial charge in [0.2, 0.25) is 5.91 Å². The predicted octanol–water partition coefficient (Wildman–Crippen LogP) is 3.69. The van der Waals surface area contributed by atoms with Crippen LogP contribution in [0.2, 0.25) is 0 Å². The molecule has 0 bridgehead atoms. The van der Waals surface area contributed by atoms with Gasteiger partial charge in [-0.25, -0.2) is 12.8 Å². The number of halogens is 4. The van der Waals surface area contributed by atoms with E-state index in [9.17, 15) is 30.8 Å². The van der Waals surface area contributed by atoms with E-state index in [1.807, 2.05) is 0 Å². The third-order valence-electron chi connectivity index (χ3n) is 5.38. The van der Waals surface area contributed by atoms with Gasteiger partial charge >= 0.3 is 5.51 Å². The summed E-state index contributed by atoms with van der Waals surface area (Å²) in [6, 6.07) is 6.77. The third-order valence-corrected chi connectivity index (χ3v) is 9.86. The van der Waals surface area contributed by atoms with Crippen molar-refractivity contribution in [3.8, 4) is 0 Å². The first-order valence-electron chi connectivity index (χ1n) is 10.0. The molecule has 1 fully saturated rings. The number of alkyl halides is 3. The van der Waals surface area contributed by atoms with E-state index in [4.69, 9.17) is 0 Å². The van der Waals surface area contributed by atoms with E-state index in [0.29, 0.717) is 12.8 Å².